The molecule has 0 radical (unpaired) electrons. The van der Waals surface area contributed by atoms with Crippen LogP contribution in [-0.2, 0) is 4.79 Å². The first kappa shape index (κ1) is 20.5. The second kappa shape index (κ2) is 9.30. The maximum atomic E-state index is 11.9. The third-order valence-corrected chi connectivity index (χ3v) is 4.70. The number of hydrogen-bond donors (Lipinski definition) is 1. The molecule has 7 heteroatoms. The summed E-state index contributed by atoms with van der Waals surface area (Å²) in [6, 6.07) is 16.8. The first-order valence-electron chi connectivity index (χ1n) is 9.02. The highest BCUT2D eigenvalue weighted by molar-refractivity contribution is 6.32. The van der Waals surface area contributed by atoms with Crippen molar-refractivity contribution in [1.29, 1.82) is 0 Å². The standard InChI is InChI=1S/C22H22ClN3O3/c1-15-12-17(16(2)26(15)18-8-10-19(28-3)11-9-18)13-24-25-22(27)14-29-21-7-5-4-6-20(21)23/h4-13H,14H2,1-3H3,(H,25,27)/b24-13-. The molecule has 6 nitrogen and oxygen atoms in total. The molecule has 1 aromatic heterocycles. The minimum atomic E-state index is -0.370. The average Bonchev–Trinajstić information content (AvgIpc) is 3.00. The number of halogens is 1. The number of carbonyl (C=O) groups excluding carboxylic acids is 1. The summed E-state index contributed by atoms with van der Waals surface area (Å²) in [5, 5.41) is 4.50. The Hall–Kier alpha value is -3.25. The molecule has 0 unspecified atom stereocenters. The predicted molar refractivity (Wildman–Crippen MR) is 114 cm³/mol. The van der Waals surface area contributed by atoms with E-state index >= 15 is 0 Å². The molecule has 150 valence electrons. The van der Waals surface area contributed by atoms with Crippen LogP contribution in [0.1, 0.15) is 17.0 Å². The summed E-state index contributed by atoms with van der Waals surface area (Å²) in [5.41, 5.74) is 6.47. The summed E-state index contributed by atoms with van der Waals surface area (Å²) >= 11 is 6.00. The molecule has 0 fully saturated rings. The van der Waals surface area contributed by atoms with Gasteiger partial charge in [-0.2, -0.15) is 5.10 Å². The number of nitrogens with one attached hydrogen (secondary N) is 1. The molecule has 1 heterocycles. The van der Waals surface area contributed by atoms with E-state index in [-0.39, 0.29) is 12.5 Å². The molecule has 0 aliphatic heterocycles. The van der Waals surface area contributed by atoms with Gasteiger partial charge < -0.3 is 14.0 Å². The van der Waals surface area contributed by atoms with Gasteiger partial charge in [0.2, 0.25) is 0 Å². The van der Waals surface area contributed by atoms with E-state index in [1.807, 2.05) is 44.2 Å². The van der Waals surface area contributed by atoms with E-state index in [4.69, 9.17) is 21.1 Å². The molecule has 3 aromatic rings. The Balaban J connectivity index is 1.63. The summed E-state index contributed by atoms with van der Waals surface area (Å²) in [6.07, 6.45) is 1.62. The number of hydrazone groups is 1. The molecule has 2 aromatic carbocycles. The van der Waals surface area contributed by atoms with Gasteiger partial charge in [0.15, 0.2) is 6.61 Å². The predicted octanol–water partition coefficient (Wildman–Crippen LogP) is 4.29. The van der Waals surface area contributed by atoms with Crippen molar-refractivity contribution in [2.75, 3.05) is 13.7 Å². The Bertz CT molecular complexity index is 1030. The lowest BCUT2D eigenvalue weighted by atomic mass is 10.2. The highest BCUT2D eigenvalue weighted by Crippen LogP contribution is 2.23. The first-order valence-corrected chi connectivity index (χ1v) is 9.40. The number of nitrogens with zero attached hydrogens (tertiary/aromatic N) is 2. The van der Waals surface area contributed by atoms with E-state index in [1.165, 1.54) is 0 Å². The van der Waals surface area contributed by atoms with Crippen molar-refractivity contribution >= 4 is 23.7 Å². The lowest BCUT2D eigenvalue weighted by Crippen LogP contribution is -2.24. The van der Waals surface area contributed by atoms with Gasteiger partial charge in [-0.3, -0.25) is 4.79 Å². The van der Waals surface area contributed by atoms with Crippen molar-refractivity contribution < 1.29 is 14.3 Å². The molecule has 0 aliphatic carbocycles. The molecule has 0 bridgehead atoms. The molecule has 1 N–H and O–H groups in total. The fourth-order valence-corrected chi connectivity index (χ4v) is 3.15. The lowest BCUT2D eigenvalue weighted by molar-refractivity contribution is -0.123. The summed E-state index contributed by atoms with van der Waals surface area (Å²) in [7, 11) is 1.64. The smallest absolute Gasteiger partial charge is 0.277 e. The van der Waals surface area contributed by atoms with Gasteiger partial charge in [0.1, 0.15) is 11.5 Å². The number of methoxy groups -OCH3 is 1. The summed E-state index contributed by atoms with van der Waals surface area (Å²) in [5.74, 6) is 0.890. The molecule has 0 aliphatic rings. The Morgan fingerprint density at radius 3 is 2.59 bits per heavy atom. The molecule has 1 amide bonds. The molecule has 29 heavy (non-hydrogen) atoms. The van der Waals surface area contributed by atoms with Gasteiger partial charge in [0, 0.05) is 22.6 Å². The monoisotopic (exact) mass is 411 g/mol. The Kier molecular flexibility index (Phi) is 6.57. The van der Waals surface area contributed by atoms with Crippen molar-refractivity contribution in [3.63, 3.8) is 0 Å². The normalized spacial score (nSPS) is 10.9. The van der Waals surface area contributed by atoms with Crippen molar-refractivity contribution in [2.24, 2.45) is 5.10 Å². The van der Waals surface area contributed by atoms with Crippen LogP contribution in [0, 0.1) is 13.8 Å². The van der Waals surface area contributed by atoms with Gasteiger partial charge in [0.05, 0.1) is 18.3 Å². The Labute approximate surface area is 174 Å². The number of aryl methyl sites for hydroxylation is 1. The van der Waals surface area contributed by atoms with Crippen LogP contribution in [0.2, 0.25) is 5.02 Å². The number of amides is 1. The molecule has 0 spiro atoms. The Morgan fingerprint density at radius 1 is 1.17 bits per heavy atom. The highest BCUT2D eigenvalue weighted by Gasteiger charge is 2.10. The average molecular weight is 412 g/mol. The molecular formula is C22H22ClN3O3. The summed E-state index contributed by atoms with van der Waals surface area (Å²) < 4.78 is 12.7. The minimum absolute atomic E-state index is 0.175. The van der Waals surface area contributed by atoms with Crippen LogP contribution in [0.5, 0.6) is 11.5 Å². The van der Waals surface area contributed by atoms with Gasteiger partial charge in [-0.05, 0) is 56.3 Å². The maximum Gasteiger partial charge on any atom is 0.277 e. The van der Waals surface area contributed by atoms with E-state index in [0.717, 1.165) is 28.4 Å². The molecular weight excluding hydrogens is 390 g/mol. The van der Waals surface area contributed by atoms with Gasteiger partial charge in [0.25, 0.3) is 5.91 Å². The molecule has 0 atom stereocenters. The van der Waals surface area contributed by atoms with Crippen molar-refractivity contribution in [2.45, 2.75) is 13.8 Å². The second-order valence-electron chi connectivity index (χ2n) is 6.37. The van der Waals surface area contributed by atoms with E-state index in [9.17, 15) is 4.79 Å². The fourth-order valence-electron chi connectivity index (χ4n) is 2.96. The number of benzene rings is 2. The number of para-hydroxylation sites is 1. The van der Waals surface area contributed by atoms with Gasteiger partial charge in [-0.15, -0.1) is 0 Å². The number of carbonyl (C=O) groups is 1. The van der Waals surface area contributed by atoms with E-state index < -0.39 is 0 Å². The molecule has 0 saturated carbocycles. The number of hydrogen-bond acceptors (Lipinski definition) is 4. The number of rotatable bonds is 7. The van der Waals surface area contributed by atoms with Crippen LogP contribution in [0.25, 0.3) is 5.69 Å². The van der Waals surface area contributed by atoms with Gasteiger partial charge >= 0.3 is 0 Å². The van der Waals surface area contributed by atoms with Crippen molar-refractivity contribution in [1.82, 2.24) is 9.99 Å². The third kappa shape index (κ3) is 4.97. The quantitative estimate of drug-likeness (QED) is 0.466. The van der Waals surface area contributed by atoms with Crippen LogP contribution in [0.3, 0.4) is 0 Å². The highest BCUT2D eigenvalue weighted by atomic mass is 35.5. The SMILES string of the molecule is COc1ccc(-n2c(C)cc(/C=N\NC(=O)COc3ccccc3Cl)c2C)cc1. The topological polar surface area (TPSA) is 64.8 Å². The fraction of sp³-hybridized carbons (Fsp3) is 0.182. The summed E-state index contributed by atoms with van der Waals surface area (Å²) in [6.45, 7) is 3.84. The zero-order chi connectivity index (χ0) is 20.8. The molecule has 3 rings (SSSR count). The van der Waals surface area contributed by atoms with Crippen molar-refractivity contribution in [3.8, 4) is 17.2 Å². The van der Waals surface area contributed by atoms with Crippen LogP contribution in [0.4, 0.5) is 0 Å². The second-order valence-corrected chi connectivity index (χ2v) is 6.78. The molecule has 0 saturated heterocycles. The van der Waals surface area contributed by atoms with E-state index in [1.54, 1.807) is 37.6 Å². The van der Waals surface area contributed by atoms with Crippen molar-refractivity contribution in [3.05, 3.63) is 76.6 Å². The number of aromatic nitrogens is 1. The summed E-state index contributed by atoms with van der Waals surface area (Å²) in [4.78, 5) is 11.9. The largest absolute Gasteiger partial charge is 0.497 e. The zero-order valence-corrected chi connectivity index (χ0v) is 17.2. The van der Waals surface area contributed by atoms with Gasteiger partial charge in [-0.1, -0.05) is 23.7 Å². The van der Waals surface area contributed by atoms with Crippen LogP contribution in [-0.4, -0.2) is 30.4 Å². The Morgan fingerprint density at radius 2 is 1.90 bits per heavy atom. The van der Waals surface area contributed by atoms with Crippen LogP contribution >= 0.6 is 11.6 Å². The van der Waals surface area contributed by atoms with Crippen LogP contribution in [0.15, 0.2) is 59.7 Å². The maximum absolute atomic E-state index is 11.9. The first-order chi connectivity index (χ1) is 14.0. The third-order valence-electron chi connectivity index (χ3n) is 4.39. The van der Waals surface area contributed by atoms with Gasteiger partial charge in [-0.25, -0.2) is 5.43 Å². The van der Waals surface area contributed by atoms with E-state index in [0.29, 0.717) is 10.8 Å². The van der Waals surface area contributed by atoms with E-state index in [2.05, 4.69) is 15.1 Å². The zero-order valence-electron chi connectivity index (χ0n) is 16.5. The lowest BCUT2D eigenvalue weighted by Gasteiger charge is -2.10. The van der Waals surface area contributed by atoms with Crippen LogP contribution < -0.4 is 14.9 Å². The number of ether oxygens (including phenoxy) is 2. The minimum Gasteiger partial charge on any atom is -0.497 e.